The van der Waals surface area contributed by atoms with Crippen LogP contribution in [0.1, 0.15) is 51.5 Å². The fourth-order valence-electron chi connectivity index (χ4n) is 3.85. The second-order valence-corrected chi connectivity index (χ2v) is 7.63. The number of hydrogen-bond acceptors (Lipinski definition) is 4. The summed E-state index contributed by atoms with van der Waals surface area (Å²) in [6.45, 7) is 6.85. The predicted octanol–water partition coefficient (Wildman–Crippen LogP) is 3.41. The van der Waals surface area contributed by atoms with Crippen LogP contribution in [0.3, 0.4) is 0 Å². The molecule has 0 aliphatic carbocycles. The molecule has 0 radical (unpaired) electrons. The number of hydrogen-bond donors (Lipinski definition) is 1. The number of unbranched alkanes of at least 4 members (excludes halogenated alkanes) is 2. The molecule has 6 heteroatoms. The molecule has 1 saturated heterocycles. The Morgan fingerprint density at radius 3 is 2.72 bits per heavy atom. The number of para-hydroxylation sites is 1. The molecular weight excluding hydrogens is 368 g/mol. The van der Waals surface area contributed by atoms with E-state index in [1.165, 1.54) is 0 Å². The Morgan fingerprint density at radius 1 is 1.21 bits per heavy atom. The summed E-state index contributed by atoms with van der Waals surface area (Å²) in [5, 5.41) is 3.04. The monoisotopic (exact) mass is 400 g/mol. The van der Waals surface area contributed by atoms with Gasteiger partial charge in [0, 0.05) is 31.1 Å². The van der Waals surface area contributed by atoms with Crippen molar-refractivity contribution in [1.29, 1.82) is 0 Å². The largest absolute Gasteiger partial charge is 0.490 e. The number of nitrogens with one attached hydrogen (secondary N) is 1. The zero-order valence-electron chi connectivity index (χ0n) is 17.5. The number of amides is 2. The molecular formula is C23H32N2O4. The summed E-state index contributed by atoms with van der Waals surface area (Å²) >= 11 is 0. The fourth-order valence-corrected chi connectivity index (χ4v) is 3.85. The predicted molar refractivity (Wildman–Crippen MR) is 113 cm³/mol. The molecule has 2 heterocycles. The van der Waals surface area contributed by atoms with E-state index in [0.717, 1.165) is 31.4 Å². The van der Waals surface area contributed by atoms with Crippen LogP contribution in [0.15, 0.2) is 23.8 Å². The summed E-state index contributed by atoms with van der Waals surface area (Å²) in [5.41, 5.74) is 1.51. The first-order chi connectivity index (χ1) is 14.1. The smallest absolute Gasteiger partial charge is 0.253 e. The lowest BCUT2D eigenvalue weighted by Gasteiger charge is -2.32. The zero-order valence-corrected chi connectivity index (χ0v) is 17.5. The molecule has 1 fully saturated rings. The van der Waals surface area contributed by atoms with Crippen LogP contribution in [0.4, 0.5) is 0 Å². The molecule has 0 bridgehead atoms. The Kier molecular flexibility index (Phi) is 7.55. The van der Waals surface area contributed by atoms with Crippen LogP contribution in [0.25, 0.3) is 6.08 Å². The summed E-state index contributed by atoms with van der Waals surface area (Å²) in [5.74, 6) is 1.54. The highest BCUT2D eigenvalue weighted by Gasteiger charge is 2.30. The molecule has 29 heavy (non-hydrogen) atoms. The number of fused-ring (bicyclic) bond motifs is 1. The van der Waals surface area contributed by atoms with Crippen LogP contribution in [0.2, 0.25) is 0 Å². The molecule has 0 atom stereocenters. The molecule has 1 aromatic carbocycles. The molecule has 2 aliphatic heterocycles. The first kappa shape index (κ1) is 21.2. The van der Waals surface area contributed by atoms with Crippen molar-refractivity contribution in [2.45, 2.75) is 46.0 Å². The van der Waals surface area contributed by atoms with E-state index in [0.29, 0.717) is 49.6 Å². The third-order valence-electron chi connectivity index (χ3n) is 5.52. The molecule has 158 valence electrons. The number of likely N-dealkylation sites (tertiary alicyclic amines) is 1. The Morgan fingerprint density at radius 2 is 2.00 bits per heavy atom. The highest BCUT2D eigenvalue weighted by atomic mass is 16.5. The maximum absolute atomic E-state index is 12.9. The summed E-state index contributed by atoms with van der Waals surface area (Å²) in [4.78, 5) is 27.1. The van der Waals surface area contributed by atoms with Crippen molar-refractivity contribution in [2.75, 3.05) is 32.8 Å². The van der Waals surface area contributed by atoms with Crippen LogP contribution in [-0.2, 0) is 9.59 Å². The van der Waals surface area contributed by atoms with Crippen LogP contribution >= 0.6 is 0 Å². The van der Waals surface area contributed by atoms with Gasteiger partial charge in [0.15, 0.2) is 11.5 Å². The first-order valence-corrected chi connectivity index (χ1v) is 10.8. The summed E-state index contributed by atoms with van der Waals surface area (Å²) in [6, 6.07) is 5.71. The van der Waals surface area contributed by atoms with Crippen LogP contribution in [0, 0.1) is 5.92 Å². The number of piperidine rings is 1. The van der Waals surface area contributed by atoms with Crippen molar-refractivity contribution in [1.82, 2.24) is 10.2 Å². The number of rotatable bonds is 8. The topological polar surface area (TPSA) is 67.9 Å². The lowest BCUT2D eigenvalue weighted by molar-refractivity contribution is -0.133. The Balaban J connectivity index is 1.55. The van der Waals surface area contributed by atoms with Gasteiger partial charge in [-0.15, -0.1) is 0 Å². The van der Waals surface area contributed by atoms with Gasteiger partial charge in [0.2, 0.25) is 5.91 Å². The lowest BCUT2D eigenvalue weighted by atomic mass is 9.95. The molecule has 0 spiro atoms. The maximum atomic E-state index is 12.9. The second-order valence-electron chi connectivity index (χ2n) is 7.63. The average molecular weight is 401 g/mol. The molecule has 2 amide bonds. The molecule has 6 nitrogen and oxygen atoms in total. The first-order valence-electron chi connectivity index (χ1n) is 10.8. The zero-order chi connectivity index (χ0) is 20.6. The fraction of sp³-hybridized carbons (Fsp3) is 0.565. The van der Waals surface area contributed by atoms with E-state index in [1.807, 2.05) is 36.1 Å². The van der Waals surface area contributed by atoms with Gasteiger partial charge in [-0.2, -0.15) is 0 Å². The van der Waals surface area contributed by atoms with Crippen molar-refractivity contribution in [3.63, 3.8) is 0 Å². The van der Waals surface area contributed by atoms with Crippen molar-refractivity contribution in [3.05, 3.63) is 29.3 Å². The number of ether oxygens (including phenoxy) is 2. The van der Waals surface area contributed by atoms with Gasteiger partial charge in [-0.25, -0.2) is 0 Å². The van der Waals surface area contributed by atoms with Crippen molar-refractivity contribution >= 4 is 17.9 Å². The van der Waals surface area contributed by atoms with Gasteiger partial charge in [0.25, 0.3) is 5.91 Å². The number of benzene rings is 1. The molecule has 2 aliphatic rings. The highest BCUT2D eigenvalue weighted by molar-refractivity contribution is 5.99. The maximum Gasteiger partial charge on any atom is 0.253 e. The van der Waals surface area contributed by atoms with Gasteiger partial charge >= 0.3 is 0 Å². The standard InChI is InChI=1S/C23H32N2O4/c1-3-5-6-12-24-22(26)17-10-13-25(14-11-17)23(27)19-15-18-8-7-9-20(28-4-2)21(18)29-16-19/h7-9,15,17H,3-6,10-14,16H2,1-2H3,(H,24,26). The second kappa shape index (κ2) is 10.3. The summed E-state index contributed by atoms with van der Waals surface area (Å²) in [6.07, 6.45) is 6.64. The lowest BCUT2D eigenvalue weighted by Crippen LogP contribution is -2.44. The van der Waals surface area contributed by atoms with Crippen LogP contribution in [-0.4, -0.2) is 49.6 Å². The van der Waals surface area contributed by atoms with Gasteiger partial charge in [0.1, 0.15) is 6.61 Å². The Labute approximate surface area is 173 Å². The van der Waals surface area contributed by atoms with Gasteiger partial charge in [-0.05, 0) is 38.3 Å². The molecule has 1 aromatic rings. The summed E-state index contributed by atoms with van der Waals surface area (Å²) in [7, 11) is 0. The van der Waals surface area contributed by atoms with E-state index in [2.05, 4.69) is 12.2 Å². The van der Waals surface area contributed by atoms with Gasteiger partial charge in [-0.3, -0.25) is 9.59 Å². The number of carbonyl (C=O) groups excluding carboxylic acids is 2. The van der Waals surface area contributed by atoms with Crippen molar-refractivity contribution < 1.29 is 19.1 Å². The normalized spacial score (nSPS) is 16.5. The van der Waals surface area contributed by atoms with Crippen LogP contribution < -0.4 is 14.8 Å². The van der Waals surface area contributed by atoms with E-state index in [-0.39, 0.29) is 24.3 Å². The van der Waals surface area contributed by atoms with E-state index in [9.17, 15) is 9.59 Å². The van der Waals surface area contributed by atoms with E-state index in [1.54, 1.807) is 0 Å². The molecule has 0 unspecified atom stereocenters. The van der Waals surface area contributed by atoms with Gasteiger partial charge in [0.05, 0.1) is 12.2 Å². The SMILES string of the molecule is CCCCCNC(=O)C1CCN(C(=O)C2=Cc3cccc(OCC)c3OC2)CC1. The average Bonchev–Trinajstić information content (AvgIpc) is 2.76. The Hall–Kier alpha value is -2.50. The number of carbonyl (C=O) groups is 2. The van der Waals surface area contributed by atoms with Crippen LogP contribution in [0.5, 0.6) is 11.5 Å². The molecule has 0 saturated carbocycles. The van der Waals surface area contributed by atoms with Crippen molar-refractivity contribution in [2.24, 2.45) is 5.92 Å². The van der Waals surface area contributed by atoms with Crippen molar-refractivity contribution in [3.8, 4) is 11.5 Å². The minimum Gasteiger partial charge on any atom is -0.490 e. The summed E-state index contributed by atoms with van der Waals surface area (Å²) < 4.78 is 11.5. The molecule has 0 aromatic heterocycles. The highest BCUT2D eigenvalue weighted by Crippen LogP contribution is 2.36. The molecule has 1 N–H and O–H groups in total. The third kappa shape index (κ3) is 5.31. The minimum absolute atomic E-state index is 0.000679. The number of nitrogens with zero attached hydrogens (tertiary/aromatic N) is 1. The minimum atomic E-state index is -0.000679. The van der Waals surface area contributed by atoms with E-state index >= 15 is 0 Å². The quantitative estimate of drug-likeness (QED) is 0.679. The van der Waals surface area contributed by atoms with E-state index in [4.69, 9.17) is 9.47 Å². The van der Waals surface area contributed by atoms with Gasteiger partial charge < -0.3 is 19.7 Å². The Bertz CT molecular complexity index is 751. The van der Waals surface area contributed by atoms with E-state index < -0.39 is 0 Å². The van der Waals surface area contributed by atoms with Gasteiger partial charge in [-0.1, -0.05) is 31.9 Å². The molecule has 3 rings (SSSR count). The third-order valence-corrected chi connectivity index (χ3v) is 5.52.